The third-order valence-corrected chi connectivity index (χ3v) is 8.02. The molecular formula is C27H35FN3O10P. The smallest absolute Gasteiger partial charge is 0.459 e. The van der Waals surface area contributed by atoms with Crippen molar-refractivity contribution in [2.45, 2.75) is 77.6 Å². The van der Waals surface area contributed by atoms with Gasteiger partial charge in [-0.2, -0.15) is 5.09 Å². The van der Waals surface area contributed by atoms with E-state index in [0.717, 1.165) is 23.8 Å². The van der Waals surface area contributed by atoms with Gasteiger partial charge in [-0.1, -0.05) is 18.2 Å². The molecule has 0 amide bonds. The van der Waals surface area contributed by atoms with E-state index in [1.807, 2.05) is 4.98 Å². The molecule has 1 aromatic carbocycles. The largest absolute Gasteiger partial charge is 0.462 e. The Balaban J connectivity index is 1.94. The maximum Gasteiger partial charge on any atom is 0.459 e. The van der Waals surface area contributed by atoms with Crippen molar-refractivity contribution in [2.24, 2.45) is 5.92 Å². The summed E-state index contributed by atoms with van der Waals surface area (Å²) >= 11 is 0. The lowest BCUT2D eigenvalue weighted by molar-refractivity contribution is -0.149. The highest BCUT2D eigenvalue weighted by molar-refractivity contribution is 7.52. The predicted molar refractivity (Wildman–Crippen MR) is 148 cm³/mol. The number of ketones is 2. The van der Waals surface area contributed by atoms with Gasteiger partial charge in [-0.15, -0.1) is 0 Å². The lowest BCUT2D eigenvalue weighted by Gasteiger charge is -2.28. The van der Waals surface area contributed by atoms with Crippen LogP contribution < -0.4 is 20.9 Å². The zero-order valence-corrected chi connectivity index (χ0v) is 24.8. The van der Waals surface area contributed by atoms with Crippen LogP contribution in [0.2, 0.25) is 0 Å². The second kappa shape index (κ2) is 13.7. The molecule has 1 aliphatic heterocycles. The summed E-state index contributed by atoms with van der Waals surface area (Å²) in [6.45, 7) is 6.30. The summed E-state index contributed by atoms with van der Waals surface area (Å²) in [6, 6.07) is 7.72. The predicted octanol–water partition coefficient (Wildman–Crippen LogP) is 2.85. The number of Topliss-reactive ketones (excluding diaryl/α,β-unsaturated/α-hetero) is 2. The number of carbonyl (C=O) groups is 3. The maximum atomic E-state index is 16.4. The third-order valence-electron chi connectivity index (χ3n) is 6.38. The standard InChI is InChI=1S/C27H35FN3O10P/c1-16(2)39-24(35)18(4)30-42(37,41-19-9-7-6-8-10-19)38-15-21-23(20(33)12-11-17(3)32)27(5,28)25(40-21)31-14-13-22(34)29-26(31)36/h6-10,13-14,16,18,21,23,25H,11-12,15H2,1-5H3,(H,30,37)(H,29,34,36)/t18-,21+,23?,25+,27+,42?/m0/s1. The Morgan fingerprint density at radius 3 is 2.40 bits per heavy atom. The van der Waals surface area contributed by atoms with Crippen molar-refractivity contribution in [3.63, 3.8) is 0 Å². The zero-order chi connectivity index (χ0) is 31.2. The lowest BCUT2D eigenvalue weighted by atomic mass is 9.82. The van der Waals surface area contributed by atoms with Crippen molar-refractivity contribution in [1.82, 2.24) is 14.6 Å². The number of nitrogens with one attached hydrogen (secondary N) is 2. The highest BCUT2D eigenvalue weighted by atomic mass is 31.2. The van der Waals surface area contributed by atoms with E-state index in [9.17, 15) is 28.5 Å². The van der Waals surface area contributed by atoms with Crippen molar-refractivity contribution in [3.05, 3.63) is 63.4 Å². The van der Waals surface area contributed by atoms with E-state index >= 15 is 4.39 Å². The first-order valence-corrected chi connectivity index (χ1v) is 14.8. The van der Waals surface area contributed by atoms with E-state index in [4.69, 9.17) is 18.5 Å². The molecule has 2 heterocycles. The van der Waals surface area contributed by atoms with Gasteiger partial charge in [0.1, 0.15) is 23.4 Å². The number of carbonyl (C=O) groups excluding carboxylic acids is 3. The number of alkyl halides is 1. The molecule has 0 bridgehead atoms. The fraction of sp³-hybridized carbons (Fsp3) is 0.519. The van der Waals surface area contributed by atoms with E-state index in [1.54, 1.807) is 32.0 Å². The van der Waals surface area contributed by atoms with Gasteiger partial charge in [0.15, 0.2) is 11.9 Å². The van der Waals surface area contributed by atoms with Crippen LogP contribution in [0.15, 0.2) is 52.2 Å². The summed E-state index contributed by atoms with van der Waals surface area (Å²) < 4.78 is 53.3. The molecule has 15 heteroatoms. The summed E-state index contributed by atoms with van der Waals surface area (Å²) in [5.74, 6) is -3.18. The van der Waals surface area contributed by atoms with E-state index in [1.165, 1.54) is 26.0 Å². The van der Waals surface area contributed by atoms with Crippen LogP contribution in [0.4, 0.5) is 4.39 Å². The van der Waals surface area contributed by atoms with E-state index in [-0.39, 0.29) is 24.4 Å². The number of H-pyrrole nitrogens is 1. The molecule has 0 spiro atoms. The van der Waals surface area contributed by atoms with Gasteiger partial charge in [0.05, 0.1) is 24.7 Å². The number of aromatic nitrogens is 2. The number of nitrogens with zero attached hydrogens (tertiary/aromatic N) is 1. The van der Waals surface area contributed by atoms with Crippen LogP contribution in [-0.2, 0) is 32.9 Å². The fourth-order valence-corrected chi connectivity index (χ4v) is 5.96. The molecule has 3 rings (SSSR count). The minimum Gasteiger partial charge on any atom is -0.462 e. The van der Waals surface area contributed by atoms with Crippen LogP contribution in [0.1, 0.15) is 53.7 Å². The fourth-order valence-electron chi connectivity index (χ4n) is 4.46. The number of halogens is 1. The third kappa shape index (κ3) is 8.31. The minimum atomic E-state index is -4.42. The van der Waals surface area contributed by atoms with E-state index < -0.39 is 73.4 Å². The molecule has 42 heavy (non-hydrogen) atoms. The normalized spacial score (nSPS) is 24.1. The molecule has 230 valence electrons. The van der Waals surface area contributed by atoms with Crippen molar-refractivity contribution in [1.29, 1.82) is 0 Å². The summed E-state index contributed by atoms with van der Waals surface area (Å²) in [4.78, 5) is 63.3. The second-order valence-electron chi connectivity index (χ2n) is 10.4. The van der Waals surface area contributed by atoms with Gasteiger partial charge in [-0.25, -0.2) is 13.8 Å². The highest BCUT2D eigenvalue weighted by Gasteiger charge is 2.58. The lowest BCUT2D eigenvalue weighted by Crippen LogP contribution is -2.44. The molecule has 1 saturated heterocycles. The molecule has 1 aliphatic rings. The minimum absolute atomic E-state index is 0.118. The van der Waals surface area contributed by atoms with Gasteiger partial charge < -0.3 is 18.8 Å². The summed E-state index contributed by atoms with van der Waals surface area (Å²) in [6.07, 6.45) is -3.02. The Hall–Kier alpha value is -3.45. The van der Waals surface area contributed by atoms with Gasteiger partial charge in [0.25, 0.3) is 5.56 Å². The number of aromatic amines is 1. The first kappa shape index (κ1) is 33.1. The number of hydrogen-bond acceptors (Lipinski definition) is 10. The first-order valence-electron chi connectivity index (χ1n) is 13.3. The molecule has 0 aliphatic carbocycles. The Labute approximate surface area is 241 Å². The summed E-state index contributed by atoms with van der Waals surface area (Å²) in [5.41, 5.74) is -4.24. The molecule has 2 unspecified atom stereocenters. The molecule has 1 aromatic heterocycles. The maximum absolute atomic E-state index is 16.4. The summed E-state index contributed by atoms with van der Waals surface area (Å²) in [7, 11) is -4.42. The van der Waals surface area contributed by atoms with Crippen molar-refractivity contribution < 1.29 is 41.9 Å². The van der Waals surface area contributed by atoms with Gasteiger partial charge in [-0.05, 0) is 46.8 Å². The second-order valence-corrected chi connectivity index (χ2v) is 12.1. The average Bonchev–Trinajstić information content (AvgIpc) is 3.16. The van der Waals surface area contributed by atoms with Crippen LogP contribution in [0, 0.1) is 5.92 Å². The quantitative estimate of drug-likeness (QED) is 0.238. The van der Waals surface area contributed by atoms with Crippen LogP contribution in [-0.4, -0.2) is 57.6 Å². The highest BCUT2D eigenvalue weighted by Crippen LogP contribution is 2.50. The van der Waals surface area contributed by atoms with Gasteiger partial charge >= 0.3 is 19.4 Å². The van der Waals surface area contributed by atoms with Crippen molar-refractivity contribution in [2.75, 3.05) is 6.61 Å². The Kier molecular flexibility index (Phi) is 10.8. The number of para-hydroxylation sites is 1. The molecule has 2 N–H and O–H groups in total. The molecule has 0 radical (unpaired) electrons. The molecule has 6 atom stereocenters. The van der Waals surface area contributed by atoms with Gasteiger partial charge in [-0.3, -0.25) is 28.5 Å². The van der Waals surface area contributed by atoms with Gasteiger partial charge in [0.2, 0.25) is 0 Å². The van der Waals surface area contributed by atoms with Crippen LogP contribution in [0.25, 0.3) is 0 Å². The zero-order valence-electron chi connectivity index (χ0n) is 23.9. The summed E-state index contributed by atoms with van der Waals surface area (Å²) in [5, 5.41) is 2.50. The van der Waals surface area contributed by atoms with Crippen LogP contribution >= 0.6 is 7.75 Å². The van der Waals surface area contributed by atoms with Crippen molar-refractivity contribution >= 4 is 25.3 Å². The molecule has 1 fully saturated rings. The van der Waals surface area contributed by atoms with Crippen molar-refractivity contribution in [3.8, 4) is 5.75 Å². The average molecular weight is 612 g/mol. The van der Waals surface area contributed by atoms with E-state index in [2.05, 4.69) is 5.09 Å². The van der Waals surface area contributed by atoms with E-state index in [0.29, 0.717) is 0 Å². The number of benzene rings is 1. The molecule has 0 saturated carbocycles. The Bertz CT molecular complexity index is 1440. The Morgan fingerprint density at radius 2 is 1.81 bits per heavy atom. The van der Waals surface area contributed by atoms with Crippen LogP contribution in [0.5, 0.6) is 5.75 Å². The molecule has 13 nitrogen and oxygen atoms in total. The molecule has 2 aromatic rings. The van der Waals surface area contributed by atoms with Crippen LogP contribution in [0.3, 0.4) is 0 Å². The number of rotatable bonds is 14. The first-order chi connectivity index (χ1) is 19.6. The monoisotopic (exact) mass is 611 g/mol. The topological polar surface area (TPSA) is 172 Å². The number of esters is 1. The SMILES string of the molecule is CC(=O)CCC(=O)C1[C@@H](COP(=O)(N[C@@H](C)C(=O)OC(C)C)Oc2ccccc2)O[C@@H](n2ccc(=O)[nH]c2=O)[C@]1(C)F. The number of hydrogen-bond donors (Lipinski definition) is 2. The van der Waals surface area contributed by atoms with Gasteiger partial charge in [0, 0.05) is 25.1 Å². The Morgan fingerprint density at radius 1 is 1.14 bits per heavy atom. The molecular weight excluding hydrogens is 576 g/mol. The number of ether oxygens (including phenoxy) is 2.